The van der Waals surface area contributed by atoms with Crippen molar-refractivity contribution in [1.82, 2.24) is 14.9 Å². The lowest BCUT2D eigenvalue weighted by atomic mass is 10.0. The number of likely N-dealkylation sites (N-methyl/N-ethyl adjacent to an activating group) is 1. The Kier molecular flexibility index (Phi) is 6.27. The molecule has 3 nitrogen and oxygen atoms in total. The highest BCUT2D eigenvalue weighted by atomic mass is 79.9. The highest BCUT2D eigenvalue weighted by molar-refractivity contribution is 9.10. The fraction of sp³-hybridized carbons (Fsp3) is 0.438. The van der Waals surface area contributed by atoms with Crippen molar-refractivity contribution in [3.63, 3.8) is 0 Å². The predicted octanol–water partition coefficient (Wildman–Crippen LogP) is 4.60. The summed E-state index contributed by atoms with van der Waals surface area (Å²) in [6.45, 7) is 6.20. The van der Waals surface area contributed by atoms with Crippen molar-refractivity contribution >= 4 is 27.5 Å². The first-order valence-electron chi connectivity index (χ1n) is 7.34. The molecule has 1 atom stereocenters. The van der Waals surface area contributed by atoms with Gasteiger partial charge in [0.25, 0.3) is 0 Å². The van der Waals surface area contributed by atoms with E-state index in [4.69, 9.17) is 11.6 Å². The molecule has 1 aromatic heterocycles. The molecule has 1 unspecified atom stereocenters. The third-order valence-corrected chi connectivity index (χ3v) is 4.39. The van der Waals surface area contributed by atoms with Crippen molar-refractivity contribution in [2.24, 2.45) is 0 Å². The molecule has 114 valence electrons. The molecule has 0 spiro atoms. The second-order valence-corrected chi connectivity index (χ2v) is 6.31. The highest BCUT2D eigenvalue weighted by Crippen LogP contribution is 2.28. The Labute approximate surface area is 139 Å². The van der Waals surface area contributed by atoms with E-state index >= 15 is 0 Å². The molecule has 1 N–H and O–H groups in total. The second-order valence-electron chi connectivity index (χ2n) is 5.02. The summed E-state index contributed by atoms with van der Waals surface area (Å²) in [5.41, 5.74) is 1.18. The molecule has 1 aromatic carbocycles. The van der Waals surface area contributed by atoms with Crippen LogP contribution in [0.3, 0.4) is 0 Å². The fourth-order valence-corrected chi connectivity index (χ4v) is 3.18. The maximum atomic E-state index is 6.15. The molecule has 0 saturated carbocycles. The first-order valence-corrected chi connectivity index (χ1v) is 8.51. The van der Waals surface area contributed by atoms with Crippen LogP contribution in [-0.4, -0.2) is 16.1 Å². The molecular weight excluding hydrogens is 350 g/mol. The fourth-order valence-electron chi connectivity index (χ4n) is 2.48. The molecule has 2 aromatic rings. The zero-order valence-corrected chi connectivity index (χ0v) is 14.8. The molecule has 1 heterocycles. The van der Waals surface area contributed by atoms with Crippen LogP contribution in [0.25, 0.3) is 0 Å². The van der Waals surface area contributed by atoms with E-state index in [0.29, 0.717) is 0 Å². The van der Waals surface area contributed by atoms with Crippen LogP contribution in [0.5, 0.6) is 0 Å². The van der Waals surface area contributed by atoms with Crippen LogP contribution in [-0.2, 0) is 13.0 Å². The van der Waals surface area contributed by atoms with E-state index in [1.165, 1.54) is 5.56 Å². The first-order chi connectivity index (χ1) is 10.2. The van der Waals surface area contributed by atoms with E-state index in [1.807, 2.05) is 24.4 Å². The topological polar surface area (TPSA) is 29.9 Å². The van der Waals surface area contributed by atoms with Crippen LogP contribution in [0, 0.1) is 0 Å². The van der Waals surface area contributed by atoms with Crippen molar-refractivity contribution in [3.05, 3.63) is 51.5 Å². The number of nitrogens with one attached hydrogen (secondary N) is 1. The molecule has 2 rings (SSSR count). The van der Waals surface area contributed by atoms with Gasteiger partial charge < -0.3 is 9.88 Å². The van der Waals surface area contributed by atoms with E-state index in [1.54, 1.807) is 0 Å². The van der Waals surface area contributed by atoms with Crippen LogP contribution in [0.2, 0.25) is 5.02 Å². The van der Waals surface area contributed by atoms with Gasteiger partial charge in [0.1, 0.15) is 5.82 Å². The van der Waals surface area contributed by atoms with E-state index < -0.39 is 0 Å². The lowest BCUT2D eigenvalue weighted by molar-refractivity contribution is 0.515. The van der Waals surface area contributed by atoms with Gasteiger partial charge in [-0.3, -0.25) is 0 Å². The Morgan fingerprint density at radius 1 is 1.38 bits per heavy atom. The van der Waals surface area contributed by atoms with Crippen LogP contribution in [0.4, 0.5) is 0 Å². The van der Waals surface area contributed by atoms with Gasteiger partial charge in [0.15, 0.2) is 0 Å². The summed E-state index contributed by atoms with van der Waals surface area (Å²) in [6, 6.07) is 6.11. The van der Waals surface area contributed by atoms with Gasteiger partial charge in [-0.2, -0.15) is 0 Å². The minimum Gasteiger partial charge on any atom is -0.335 e. The van der Waals surface area contributed by atoms with Crippen LogP contribution >= 0.6 is 27.5 Å². The van der Waals surface area contributed by atoms with E-state index in [2.05, 4.69) is 50.8 Å². The minimum atomic E-state index is 0.195. The zero-order valence-electron chi connectivity index (χ0n) is 12.4. The average molecular weight is 371 g/mol. The van der Waals surface area contributed by atoms with Gasteiger partial charge >= 0.3 is 0 Å². The summed E-state index contributed by atoms with van der Waals surface area (Å²) >= 11 is 9.78. The summed E-state index contributed by atoms with van der Waals surface area (Å²) in [4.78, 5) is 4.51. The molecule has 0 aliphatic heterocycles. The molecule has 0 saturated heterocycles. The number of nitrogens with zero attached hydrogens (tertiary/aromatic N) is 2. The van der Waals surface area contributed by atoms with Gasteiger partial charge in [-0.1, -0.05) is 41.4 Å². The number of imidazole rings is 1. The average Bonchev–Trinajstić information content (AvgIpc) is 2.89. The van der Waals surface area contributed by atoms with Gasteiger partial charge in [-0.15, -0.1) is 0 Å². The quantitative estimate of drug-likeness (QED) is 0.772. The Morgan fingerprint density at radius 2 is 2.19 bits per heavy atom. The monoisotopic (exact) mass is 369 g/mol. The van der Waals surface area contributed by atoms with Gasteiger partial charge in [-0.25, -0.2) is 4.98 Å². The largest absolute Gasteiger partial charge is 0.335 e. The Hall–Kier alpha value is -0.840. The van der Waals surface area contributed by atoms with Crippen molar-refractivity contribution in [3.8, 4) is 0 Å². The van der Waals surface area contributed by atoms with E-state index in [0.717, 1.165) is 41.3 Å². The predicted molar refractivity (Wildman–Crippen MR) is 91.8 cm³/mol. The minimum absolute atomic E-state index is 0.195. The van der Waals surface area contributed by atoms with Gasteiger partial charge in [-0.05, 0) is 36.7 Å². The summed E-state index contributed by atoms with van der Waals surface area (Å²) in [5.74, 6) is 1.11. The zero-order chi connectivity index (χ0) is 15.2. The van der Waals surface area contributed by atoms with Crippen LogP contribution in [0.1, 0.15) is 37.7 Å². The summed E-state index contributed by atoms with van der Waals surface area (Å²) < 4.78 is 3.30. The van der Waals surface area contributed by atoms with Crippen molar-refractivity contribution in [2.45, 2.75) is 39.3 Å². The Bertz CT molecular complexity index is 583. The number of halogens is 2. The van der Waals surface area contributed by atoms with Crippen molar-refractivity contribution < 1.29 is 0 Å². The second kappa shape index (κ2) is 7.97. The highest BCUT2D eigenvalue weighted by Gasteiger charge is 2.17. The number of rotatable bonds is 7. The number of aryl methyl sites for hydroxylation is 1. The standard InChI is InChI=1S/C16H21BrClN3/c1-3-8-21-9-7-20-16(21)11-15(19-4-2)13-10-12(18)5-6-14(13)17/h5-7,9-10,15,19H,3-4,8,11H2,1-2H3. The summed E-state index contributed by atoms with van der Waals surface area (Å²) in [6.07, 6.45) is 5.88. The number of hydrogen-bond donors (Lipinski definition) is 1. The molecule has 0 aliphatic carbocycles. The molecule has 21 heavy (non-hydrogen) atoms. The summed E-state index contributed by atoms with van der Waals surface area (Å²) in [5, 5.41) is 4.29. The van der Waals surface area contributed by atoms with Gasteiger partial charge in [0, 0.05) is 40.9 Å². The lowest BCUT2D eigenvalue weighted by Gasteiger charge is -2.20. The maximum absolute atomic E-state index is 6.15. The van der Waals surface area contributed by atoms with E-state index in [-0.39, 0.29) is 6.04 Å². The van der Waals surface area contributed by atoms with Gasteiger partial charge in [0.05, 0.1) is 0 Å². The molecule has 0 amide bonds. The first kappa shape index (κ1) is 16.5. The molecular formula is C16H21BrClN3. The molecule has 0 aliphatic rings. The SMILES string of the molecule is CCCn1ccnc1CC(NCC)c1cc(Cl)ccc1Br. The molecule has 0 fully saturated rings. The third-order valence-electron chi connectivity index (χ3n) is 3.44. The normalized spacial score (nSPS) is 12.6. The molecule has 0 bridgehead atoms. The lowest BCUT2D eigenvalue weighted by Crippen LogP contribution is -2.24. The van der Waals surface area contributed by atoms with E-state index in [9.17, 15) is 0 Å². The van der Waals surface area contributed by atoms with Crippen molar-refractivity contribution in [2.75, 3.05) is 6.54 Å². The maximum Gasteiger partial charge on any atom is 0.110 e. The van der Waals surface area contributed by atoms with Crippen LogP contribution in [0.15, 0.2) is 35.1 Å². The number of hydrogen-bond acceptors (Lipinski definition) is 2. The molecule has 0 radical (unpaired) electrons. The third kappa shape index (κ3) is 4.31. The number of benzene rings is 1. The van der Waals surface area contributed by atoms with Gasteiger partial charge in [0.2, 0.25) is 0 Å². The Morgan fingerprint density at radius 3 is 2.90 bits per heavy atom. The Balaban J connectivity index is 2.26. The molecule has 5 heteroatoms. The smallest absolute Gasteiger partial charge is 0.110 e. The number of aromatic nitrogens is 2. The summed E-state index contributed by atoms with van der Waals surface area (Å²) in [7, 11) is 0. The van der Waals surface area contributed by atoms with Crippen LogP contribution < -0.4 is 5.32 Å². The van der Waals surface area contributed by atoms with Crippen molar-refractivity contribution in [1.29, 1.82) is 0 Å².